The zero-order chi connectivity index (χ0) is 13.4. The third kappa shape index (κ3) is 3.74. The Balaban J connectivity index is 2.85. The quantitative estimate of drug-likeness (QED) is 0.444. The summed E-state index contributed by atoms with van der Waals surface area (Å²) in [5, 5.41) is 20.8. The fourth-order valence-electron chi connectivity index (χ4n) is 1.52. The number of carbonyl (C=O) groups is 1. The van der Waals surface area contributed by atoms with Crippen molar-refractivity contribution >= 4 is 11.6 Å². The van der Waals surface area contributed by atoms with E-state index >= 15 is 0 Å². The van der Waals surface area contributed by atoms with Crippen LogP contribution in [-0.2, 0) is 0 Å². The maximum atomic E-state index is 11.3. The Hall–Kier alpha value is -2.08. The van der Waals surface area contributed by atoms with E-state index in [4.69, 9.17) is 15.7 Å². The largest absolute Gasteiger partial charge is 0.395 e. The molecule has 0 bridgehead atoms. The van der Waals surface area contributed by atoms with Crippen molar-refractivity contribution in [3.8, 4) is 0 Å². The van der Waals surface area contributed by atoms with Crippen LogP contribution in [0.3, 0.4) is 0 Å². The predicted molar refractivity (Wildman–Crippen MR) is 66.3 cm³/mol. The number of hydrogen-bond acceptors (Lipinski definition) is 4. The van der Waals surface area contributed by atoms with Crippen LogP contribution < -0.4 is 4.90 Å². The molecule has 0 saturated heterocycles. The van der Waals surface area contributed by atoms with Crippen LogP contribution in [0.15, 0.2) is 29.4 Å². The molecule has 0 aromatic heterocycles. The number of rotatable bonds is 6. The number of azide groups is 1. The minimum absolute atomic E-state index is 0.0284. The minimum atomic E-state index is -0.639. The topological polar surface area (TPSA) is 110 Å². The van der Waals surface area contributed by atoms with Gasteiger partial charge in [0, 0.05) is 29.3 Å². The maximum Gasteiger partial charge on any atom is 0.249 e. The lowest BCUT2D eigenvalue weighted by Gasteiger charge is -2.22. The van der Waals surface area contributed by atoms with Crippen molar-refractivity contribution in [2.75, 3.05) is 31.2 Å². The third-order valence-corrected chi connectivity index (χ3v) is 2.35. The van der Waals surface area contributed by atoms with Crippen LogP contribution in [-0.4, -0.2) is 42.4 Å². The molecule has 1 amide bonds. The van der Waals surface area contributed by atoms with E-state index in [0.29, 0.717) is 18.7 Å². The van der Waals surface area contributed by atoms with Crippen LogP contribution in [0.25, 0.3) is 10.4 Å². The first-order valence-electron chi connectivity index (χ1n) is 5.39. The SMILES string of the molecule is [N-]=[N+]=NC(=O)c1ccc(N(CCO)CCO)cc1. The first kappa shape index (κ1) is 14.0. The van der Waals surface area contributed by atoms with Gasteiger partial charge in [-0.1, -0.05) is 0 Å². The zero-order valence-electron chi connectivity index (χ0n) is 9.73. The lowest BCUT2D eigenvalue weighted by Crippen LogP contribution is -2.29. The van der Waals surface area contributed by atoms with Gasteiger partial charge in [0.05, 0.1) is 13.2 Å². The molecular formula is C11H14N4O3. The number of aliphatic hydroxyl groups excluding tert-OH is 2. The fourth-order valence-corrected chi connectivity index (χ4v) is 1.52. The molecule has 0 saturated carbocycles. The van der Waals surface area contributed by atoms with Gasteiger partial charge in [0.2, 0.25) is 5.91 Å². The predicted octanol–water partition coefficient (Wildman–Crippen LogP) is 0.928. The van der Waals surface area contributed by atoms with Gasteiger partial charge < -0.3 is 15.1 Å². The van der Waals surface area contributed by atoms with E-state index in [-0.39, 0.29) is 13.2 Å². The summed E-state index contributed by atoms with van der Waals surface area (Å²) < 4.78 is 0. The molecule has 0 spiro atoms. The molecule has 1 aromatic rings. The normalized spacial score (nSPS) is 9.67. The van der Waals surface area contributed by atoms with E-state index in [1.165, 1.54) is 12.1 Å². The van der Waals surface area contributed by atoms with E-state index in [1.54, 1.807) is 17.0 Å². The Labute approximate surface area is 104 Å². The Morgan fingerprint density at radius 2 is 1.78 bits per heavy atom. The van der Waals surface area contributed by atoms with Crippen LogP contribution in [0, 0.1) is 0 Å². The Morgan fingerprint density at radius 3 is 2.22 bits per heavy atom. The number of carbonyl (C=O) groups excluding carboxylic acids is 1. The van der Waals surface area contributed by atoms with E-state index in [2.05, 4.69) is 10.0 Å². The first-order chi connectivity index (χ1) is 8.72. The molecule has 0 aliphatic carbocycles. The smallest absolute Gasteiger partial charge is 0.249 e. The number of anilines is 1. The minimum Gasteiger partial charge on any atom is -0.395 e. The van der Waals surface area contributed by atoms with Crippen LogP contribution in [0.5, 0.6) is 0 Å². The summed E-state index contributed by atoms with van der Waals surface area (Å²) >= 11 is 0. The summed E-state index contributed by atoms with van der Waals surface area (Å²) in [7, 11) is 0. The lowest BCUT2D eigenvalue weighted by atomic mass is 10.2. The highest BCUT2D eigenvalue weighted by Crippen LogP contribution is 2.15. The molecule has 7 nitrogen and oxygen atoms in total. The maximum absolute atomic E-state index is 11.3. The molecule has 0 radical (unpaired) electrons. The molecule has 0 heterocycles. The number of nitrogens with zero attached hydrogens (tertiary/aromatic N) is 4. The summed E-state index contributed by atoms with van der Waals surface area (Å²) in [4.78, 5) is 15.5. The number of amides is 1. The Morgan fingerprint density at radius 1 is 1.22 bits per heavy atom. The van der Waals surface area contributed by atoms with Crippen molar-refractivity contribution in [2.24, 2.45) is 5.11 Å². The van der Waals surface area contributed by atoms with E-state index in [9.17, 15) is 4.79 Å². The van der Waals surface area contributed by atoms with Crippen molar-refractivity contribution in [3.05, 3.63) is 40.3 Å². The van der Waals surface area contributed by atoms with Crippen molar-refractivity contribution in [3.63, 3.8) is 0 Å². The number of hydrogen-bond donors (Lipinski definition) is 2. The summed E-state index contributed by atoms with van der Waals surface area (Å²) in [5.41, 5.74) is 9.22. The monoisotopic (exact) mass is 250 g/mol. The molecule has 96 valence electrons. The van der Waals surface area contributed by atoms with Gasteiger partial charge in [-0.25, -0.2) is 0 Å². The second-order valence-electron chi connectivity index (χ2n) is 3.48. The van der Waals surface area contributed by atoms with Crippen molar-refractivity contribution in [2.45, 2.75) is 0 Å². The zero-order valence-corrected chi connectivity index (χ0v) is 9.73. The molecule has 0 fully saturated rings. The summed E-state index contributed by atoms with van der Waals surface area (Å²) in [6.45, 7) is 0.729. The average molecular weight is 250 g/mol. The van der Waals surface area contributed by atoms with Gasteiger partial charge in [0.25, 0.3) is 0 Å². The van der Waals surface area contributed by atoms with Crippen LogP contribution >= 0.6 is 0 Å². The highest BCUT2D eigenvalue weighted by atomic mass is 16.3. The van der Waals surface area contributed by atoms with Gasteiger partial charge in [-0.3, -0.25) is 4.79 Å². The second kappa shape index (κ2) is 7.29. The number of aliphatic hydroxyl groups is 2. The molecule has 7 heteroatoms. The summed E-state index contributed by atoms with van der Waals surface area (Å²) in [5.74, 6) is -0.639. The average Bonchev–Trinajstić information content (AvgIpc) is 2.39. The third-order valence-electron chi connectivity index (χ3n) is 2.35. The van der Waals surface area contributed by atoms with Crippen molar-refractivity contribution in [1.82, 2.24) is 0 Å². The summed E-state index contributed by atoms with van der Waals surface area (Å²) in [6, 6.07) is 6.42. The van der Waals surface area contributed by atoms with Gasteiger partial charge in [0.15, 0.2) is 0 Å². The standard InChI is InChI=1S/C11H14N4O3/c12-14-13-11(18)9-1-3-10(4-2-9)15(5-7-16)6-8-17/h1-4,16-17H,5-8H2. The highest BCUT2D eigenvalue weighted by molar-refractivity contribution is 5.95. The Bertz CT molecular complexity index is 434. The van der Waals surface area contributed by atoms with Crippen LogP contribution in [0.4, 0.5) is 5.69 Å². The van der Waals surface area contributed by atoms with Crippen molar-refractivity contribution in [1.29, 1.82) is 0 Å². The molecule has 2 N–H and O–H groups in total. The molecule has 0 aliphatic rings. The fraction of sp³-hybridized carbons (Fsp3) is 0.364. The highest BCUT2D eigenvalue weighted by Gasteiger charge is 2.07. The van der Waals surface area contributed by atoms with Gasteiger partial charge in [-0.15, -0.1) is 0 Å². The van der Waals surface area contributed by atoms with E-state index < -0.39 is 5.91 Å². The van der Waals surface area contributed by atoms with Gasteiger partial charge >= 0.3 is 0 Å². The molecule has 1 aromatic carbocycles. The lowest BCUT2D eigenvalue weighted by molar-refractivity contribution is 0.100. The molecule has 0 atom stereocenters. The Kier molecular flexibility index (Phi) is 5.66. The molecule has 1 rings (SSSR count). The van der Waals surface area contributed by atoms with Gasteiger partial charge in [-0.2, -0.15) is 0 Å². The molecule has 0 unspecified atom stereocenters. The summed E-state index contributed by atoms with van der Waals surface area (Å²) in [6.07, 6.45) is 0. The molecular weight excluding hydrogens is 236 g/mol. The van der Waals surface area contributed by atoms with E-state index in [0.717, 1.165) is 5.69 Å². The van der Waals surface area contributed by atoms with Gasteiger partial charge in [0.1, 0.15) is 0 Å². The number of benzene rings is 1. The van der Waals surface area contributed by atoms with Crippen molar-refractivity contribution < 1.29 is 15.0 Å². The van der Waals surface area contributed by atoms with Crippen LogP contribution in [0.2, 0.25) is 0 Å². The molecule has 0 aliphatic heterocycles. The molecule has 18 heavy (non-hydrogen) atoms. The first-order valence-corrected chi connectivity index (χ1v) is 5.39. The van der Waals surface area contributed by atoms with E-state index in [1.807, 2.05) is 0 Å². The van der Waals surface area contributed by atoms with Gasteiger partial charge in [-0.05, 0) is 34.9 Å². The van der Waals surface area contributed by atoms with Crippen LogP contribution in [0.1, 0.15) is 10.4 Å². The second-order valence-corrected chi connectivity index (χ2v) is 3.48.